The summed E-state index contributed by atoms with van der Waals surface area (Å²) in [4.78, 5) is 8.92. The number of benzene rings is 2. The monoisotopic (exact) mass is 362 g/mol. The normalized spacial score (nSPS) is 11.0. The van der Waals surface area contributed by atoms with E-state index >= 15 is 0 Å². The van der Waals surface area contributed by atoms with Crippen molar-refractivity contribution >= 4 is 11.8 Å². The van der Waals surface area contributed by atoms with Crippen molar-refractivity contribution in [1.29, 1.82) is 0 Å². The molecule has 0 radical (unpaired) electrons. The Bertz CT molecular complexity index is 1010. The standard InChI is InChI=1S/C20H18N4OS/c1-14-8-10-16(11-9-14)18-12-21-20(24(18)17-6-4-3-5-7-17)26-13-19-22-15(2)23-25-19/h3-12H,13H2,1-2H3. The molecule has 0 saturated heterocycles. The van der Waals surface area contributed by atoms with Crippen LogP contribution >= 0.6 is 11.8 Å². The predicted octanol–water partition coefficient (Wildman–Crippen LogP) is 4.83. The third kappa shape index (κ3) is 3.41. The number of thioether (sulfide) groups is 1. The molecule has 0 aliphatic heterocycles. The Hall–Kier alpha value is -2.86. The van der Waals surface area contributed by atoms with Crippen LogP contribution in [-0.4, -0.2) is 19.7 Å². The summed E-state index contributed by atoms with van der Waals surface area (Å²) in [5, 5.41) is 4.74. The van der Waals surface area contributed by atoms with Crippen molar-refractivity contribution in [3.8, 4) is 16.9 Å². The third-order valence-electron chi connectivity index (χ3n) is 3.99. The van der Waals surface area contributed by atoms with Crippen LogP contribution in [0.1, 0.15) is 17.3 Å². The molecular formula is C20H18N4OS. The third-order valence-corrected chi connectivity index (χ3v) is 4.92. The summed E-state index contributed by atoms with van der Waals surface area (Å²) < 4.78 is 7.38. The van der Waals surface area contributed by atoms with Gasteiger partial charge in [-0.1, -0.05) is 64.9 Å². The fraction of sp³-hybridized carbons (Fsp3) is 0.150. The highest BCUT2D eigenvalue weighted by atomic mass is 32.2. The highest BCUT2D eigenvalue weighted by molar-refractivity contribution is 7.98. The lowest BCUT2D eigenvalue weighted by Crippen LogP contribution is -1.99. The molecule has 130 valence electrons. The maximum atomic E-state index is 5.22. The first-order valence-electron chi connectivity index (χ1n) is 8.33. The topological polar surface area (TPSA) is 56.7 Å². The fourth-order valence-corrected chi connectivity index (χ4v) is 3.55. The summed E-state index contributed by atoms with van der Waals surface area (Å²) in [6, 6.07) is 18.7. The van der Waals surface area contributed by atoms with Gasteiger partial charge in [-0.05, 0) is 26.0 Å². The summed E-state index contributed by atoms with van der Waals surface area (Å²) in [6.07, 6.45) is 1.92. The van der Waals surface area contributed by atoms with E-state index in [9.17, 15) is 0 Å². The van der Waals surface area contributed by atoms with Gasteiger partial charge in [0.15, 0.2) is 11.0 Å². The number of para-hydroxylation sites is 1. The molecule has 0 fully saturated rings. The number of aryl methyl sites for hydroxylation is 2. The molecule has 6 heteroatoms. The molecule has 0 saturated carbocycles. The van der Waals surface area contributed by atoms with E-state index in [0.717, 1.165) is 22.1 Å². The SMILES string of the molecule is Cc1ccc(-c2cnc(SCc3nc(C)no3)n2-c2ccccc2)cc1. The molecule has 26 heavy (non-hydrogen) atoms. The van der Waals surface area contributed by atoms with Crippen LogP contribution in [0.15, 0.2) is 70.5 Å². The molecule has 4 aromatic rings. The molecule has 5 nitrogen and oxygen atoms in total. The molecule has 2 aromatic carbocycles. The zero-order valence-electron chi connectivity index (χ0n) is 14.6. The van der Waals surface area contributed by atoms with Crippen LogP contribution in [0, 0.1) is 13.8 Å². The Morgan fingerprint density at radius 3 is 2.46 bits per heavy atom. The predicted molar refractivity (Wildman–Crippen MR) is 102 cm³/mol. The Labute approximate surface area is 156 Å². The lowest BCUT2D eigenvalue weighted by molar-refractivity contribution is 0.387. The molecule has 0 aliphatic carbocycles. The van der Waals surface area contributed by atoms with Crippen molar-refractivity contribution in [3.05, 3.63) is 78.1 Å². The summed E-state index contributed by atoms with van der Waals surface area (Å²) >= 11 is 1.58. The van der Waals surface area contributed by atoms with Gasteiger partial charge in [-0.2, -0.15) is 4.98 Å². The van der Waals surface area contributed by atoms with Gasteiger partial charge in [-0.3, -0.25) is 4.57 Å². The smallest absolute Gasteiger partial charge is 0.237 e. The maximum absolute atomic E-state index is 5.22. The number of imidazole rings is 1. The lowest BCUT2D eigenvalue weighted by atomic mass is 10.1. The minimum Gasteiger partial charge on any atom is -0.338 e. The van der Waals surface area contributed by atoms with Gasteiger partial charge in [-0.25, -0.2) is 4.98 Å². The van der Waals surface area contributed by atoms with Gasteiger partial charge in [0.2, 0.25) is 5.89 Å². The molecular weight excluding hydrogens is 344 g/mol. The Balaban J connectivity index is 1.73. The quantitative estimate of drug-likeness (QED) is 0.476. The van der Waals surface area contributed by atoms with Crippen LogP contribution in [0.2, 0.25) is 0 Å². The van der Waals surface area contributed by atoms with E-state index in [1.165, 1.54) is 5.56 Å². The number of rotatable bonds is 5. The van der Waals surface area contributed by atoms with Crippen molar-refractivity contribution in [3.63, 3.8) is 0 Å². The number of aromatic nitrogens is 4. The summed E-state index contributed by atoms with van der Waals surface area (Å²) in [5.74, 6) is 1.83. The molecule has 0 unspecified atom stereocenters. The van der Waals surface area contributed by atoms with E-state index < -0.39 is 0 Å². The number of hydrogen-bond donors (Lipinski definition) is 0. The second-order valence-corrected chi connectivity index (χ2v) is 6.93. The van der Waals surface area contributed by atoms with E-state index in [-0.39, 0.29) is 0 Å². The summed E-state index contributed by atoms with van der Waals surface area (Å²) in [6.45, 7) is 3.91. The van der Waals surface area contributed by atoms with Crippen LogP contribution < -0.4 is 0 Å². The summed E-state index contributed by atoms with van der Waals surface area (Å²) in [7, 11) is 0. The Morgan fingerprint density at radius 1 is 1.00 bits per heavy atom. The van der Waals surface area contributed by atoms with Crippen molar-refractivity contribution in [2.45, 2.75) is 24.8 Å². The van der Waals surface area contributed by atoms with Gasteiger partial charge in [0.1, 0.15) is 0 Å². The lowest BCUT2D eigenvalue weighted by Gasteiger charge is -2.12. The Kier molecular flexibility index (Phi) is 4.58. The van der Waals surface area contributed by atoms with Gasteiger partial charge in [0.25, 0.3) is 0 Å². The second kappa shape index (κ2) is 7.17. The first-order chi connectivity index (χ1) is 12.7. The Morgan fingerprint density at radius 2 is 1.77 bits per heavy atom. The van der Waals surface area contributed by atoms with E-state index in [2.05, 4.69) is 63.0 Å². The largest absolute Gasteiger partial charge is 0.338 e. The molecule has 0 spiro atoms. The van der Waals surface area contributed by atoms with E-state index in [4.69, 9.17) is 4.52 Å². The zero-order chi connectivity index (χ0) is 17.9. The molecule has 0 aliphatic rings. The van der Waals surface area contributed by atoms with Crippen LogP contribution in [0.4, 0.5) is 0 Å². The molecule has 2 aromatic heterocycles. The minimum atomic E-state index is 0.581. The molecule has 0 amide bonds. The molecule has 0 N–H and O–H groups in total. The van der Waals surface area contributed by atoms with E-state index in [0.29, 0.717) is 17.5 Å². The van der Waals surface area contributed by atoms with Gasteiger partial charge in [0, 0.05) is 11.3 Å². The fourth-order valence-electron chi connectivity index (χ4n) is 2.72. The molecule has 0 bridgehead atoms. The maximum Gasteiger partial charge on any atom is 0.237 e. The van der Waals surface area contributed by atoms with Gasteiger partial charge in [0.05, 0.1) is 17.6 Å². The first-order valence-corrected chi connectivity index (χ1v) is 9.31. The van der Waals surface area contributed by atoms with Gasteiger partial charge >= 0.3 is 0 Å². The average molecular weight is 362 g/mol. The zero-order valence-corrected chi connectivity index (χ0v) is 15.4. The molecule has 0 atom stereocenters. The van der Waals surface area contributed by atoms with E-state index in [1.54, 1.807) is 11.8 Å². The van der Waals surface area contributed by atoms with Crippen LogP contribution in [0.25, 0.3) is 16.9 Å². The van der Waals surface area contributed by atoms with Crippen molar-refractivity contribution in [2.24, 2.45) is 0 Å². The highest BCUT2D eigenvalue weighted by Crippen LogP contribution is 2.31. The molecule has 4 rings (SSSR count). The average Bonchev–Trinajstić information content (AvgIpc) is 3.27. The van der Waals surface area contributed by atoms with Crippen LogP contribution in [0.5, 0.6) is 0 Å². The van der Waals surface area contributed by atoms with Gasteiger partial charge in [-0.15, -0.1) is 0 Å². The molecule has 2 heterocycles. The van der Waals surface area contributed by atoms with Crippen LogP contribution in [-0.2, 0) is 5.75 Å². The van der Waals surface area contributed by atoms with Gasteiger partial charge < -0.3 is 4.52 Å². The van der Waals surface area contributed by atoms with Crippen LogP contribution in [0.3, 0.4) is 0 Å². The van der Waals surface area contributed by atoms with Crippen molar-refractivity contribution < 1.29 is 4.52 Å². The van der Waals surface area contributed by atoms with E-state index in [1.807, 2.05) is 31.3 Å². The van der Waals surface area contributed by atoms with Crippen molar-refractivity contribution in [1.82, 2.24) is 19.7 Å². The number of hydrogen-bond acceptors (Lipinski definition) is 5. The first kappa shape index (κ1) is 16.6. The van der Waals surface area contributed by atoms with Crippen molar-refractivity contribution in [2.75, 3.05) is 0 Å². The second-order valence-electron chi connectivity index (χ2n) is 5.99. The summed E-state index contributed by atoms with van der Waals surface area (Å²) in [5.41, 5.74) is 4.50. The highest BCUT2D eigenvalue weighted by Gasteiger charge is 2.15. The minimum absolute atomic E-state index is 0.581. The number of nitrogens with zero attached hydrogens (tertiary/aromatic N) is 4.